The van der Waals surface area contributed by atoms with Crippen molar-refractivity contribution in [1.82, 2.24) is 4.90 Å². The van der Waals surface area contributed by atoms with Crippen LogP contribution < -0.4 is 9.47 Å². The smallest absolute Gasteiger partial charge is 0.331 e. The van der Waals surface area contributed by atoms with Crippen molar-refractivity contribution in [2.45, 2.75) is 71.6 Å². The number of carbonyl (C=O) groups is 2. The minimum atomic E-state index is -0.541. The second kappa shape index (κ2) is 11.7. The predicted molar refractivity (Wildman–Crippen MR) is 130 cm³/mol. The Labute approximate surface area is 203 Å². The first kappa shape index (κ1) is 26.1. The van der Waals surface area contributed by atoms with E-state index in [1.807, 2.05) is 0 Å². The Morgan fingerprint density at radius 1 is 1.06 bits per heavy atom. The van der Waals surface area contributed by atoms with E-state index in [-0.39, 0.29) is 24.2 Å². The molecule has 1 aromatic rings. The van der Waals surface area contributed by atoms with E-state index in [0.29, 0.717) is 18.1 Å². The first-order chi connectivity index (χ1) is 16.2. The molecule has 3 atom stereocenters. The third-order valence-corrected chi connectivity index (χ3v) is 6.65. The summed E-state index contributed by atoms with van der Waals surface area (Å²) in [5.74, 6) is 1.24. The number of methoxy groups -OCH3 is 2. The van der Waals surface area contributed by atoms with E-state index < -0.39 is 11.9 Å². The maximum absolute atomic E-state index is 12.6. The molecule has 0 amide bonds. The molecule has 2 aliphatic rings. The highest BCUT2D eigenvalue weighted by atomic mass is 16.5. The number of hydrogen-bond donors (Lipinski definition) is 0. The average molecular weight is 474 g/mol. The molecule has 1 aromatic carbocycles. The van der Waals surface area contributed by atoms with Gasteiger partial charge in [0.2, 0.25) is 0 Å². The van der Waals surface area contributed by atoms with Crippen molar-refractivity contribution in [3.63, 3.8) is 0 Å². The van der Waals surface area contributed by atoms with Gasteiger partial charge in [-0.3, -0.25) is 4.90 Å². The van der Waals surface area contributed by atoms with Crippen molar-refractivity contribution in [1.29, 1.82) is 0 Å². The Balaban J connectivity index is 1.80. The highest BCUT2D eigenvalue weighted by molar-refractivity contribution is 5.91. The molecule has 0 aromatic heterocycles. The fourth-order valence-corrected chi connectivity index (χ4v) is 4.97. The predicted octanol–water partition coefficient (Wildman–Crippen LogP) is 4.48. The molecule has 7 nitrogen and oxygen atoms in total. The lowest BCUT2D eigenvalue weighted by Crippen LogP contribution is -2.49. The Kier molecular flexibility index (Phi) is 9.00. The van der Waals surface area contributed by atoms with Crippen LogP contribution in [0.3, 0.4) is 0 Å². The van der Waals surface area contributed by atoms with Crippen molar-refractivity contribution in [2.75, 3.05) is 27.3 Å². The molecule has 34 heavy (non-hydrogen) atoms. The first-order valence-corrected chi connectivity index (χ1v) is 12.3. The maximum Gasteiger partial charge on any atom is 0.331 e. The van der Waals surface area contributed by atoms with Crippen molar-refractivity contribution >= 4 is 11.9 Å². The van der Waals surface area contributed by atoms with Crippen LogP contribution in [0.5, 0.6) is 11.5 Å². The molecule has 1 saturated heterocycles. The summed E-state index contributed by atoms with van der Waals surface area (Å²) in [7, 11) is 3.30. The van der Waals surface area contributed by atoms with E-state index in [1.54, 1.807) is 28.1 Å². The van der Waals surface area contributed by atoms with Crippen LogP contribution in [-0.4, -0.2) is 56.4 Å². The van der Waals surface area contributed by atoms with Crippen molar-refractivity contribution in [3.05, 3.63) is 35.4 Å². The topological polar surface area (TPSA) is 74.3 Å². The number of ether oxygens (including phenoxy) is 4. The van der Waals surface area contributed by atoms with E-state index in [9.17, 15) is 9.59 Å². The number of benzene rings is 1. The van der Waals surface area contributed by atoms with Gasteiger partial charge in [0.25, 0.3) is 0 Å². The Morgan fingerprint density at radius 3 is 2.38 bits per heavy atom. The second-order valence-electron chi connectivity index (χ2n) is 9.93. The van der Waals surface area contributed by atoms with E-state index in [2.05, 4.69) is 30.9 Å². The summed E-state index contributed by atoms with van der Waals surface area (Å²) in [6.07, 6.45) is 5.60. The number of fused-ring (bicyclic) bond motifs is 3. The van der Waals surface area contributed by atoms with Gasteiger partial charge in [0.05, 0.1) is 20.3 Å². The second-order valence-corrected chi connectivity index (χ2v) is 9.93. The summed E-state index contributed by atoms with van der Waals surface area (Å²) in [5.41, 5.74) is 2.46. The SMILES string of the molecule is COc1cc2c(cc1OC)[C@H]1C[C@@H](OC(=O)/C=C\C(=O)OC(C)C)[C@H](CCC(C)C)CN1CC2. The van der Waals surface area contributed by atoms with Crippen LogP contribution in [0, 0.1) is 11.8 Å². The van der Waals surface area contributed by atoms with Gasteiger partial charge in [-0.15, -0.1) is 0 Å². The molecule has 0 spiro atoms. The lowest BCUT2D eigenvalue weighted by Gasteiger charge is -2.47. The van der Waals surface area contributed by atoms with Crippen molar-refractivity contribution in [3.8, 4) is 11.5 Å². The van der Waals surface area contributed by atoms with Crippen LogP contribution >= 0.6 is 0 Å². The van der Waals surface area contributed by atoms with Crippen molar-refractivity contribution in [2.24, 2.45) is 11.8 Å². The zero-order valence-electron chi connectivity index (χ0n) is 21.3. The highest BCUT2D eigenvalue weighted by Gasteiger charge is 2.40. The average Bonchev–Trinajstić information content (AvgIpc) is 2.79. The molecular formula is C27H39NO6. The summed E-state index contributed by atoms with van der Waals surface area (Å²) in [6, 6.07) is 4.28. The largest absolute Gasteiger partial charge is 0.493 e. The van der Waals surface area contributed by atoms with Gasteiger partial charge in [0.1, 0.15) is 6.10 Å². The number of hydrogen-bond acceptors (Lipinski definition) is 7. The monoisotopic (exact) mass is 473 g/mol. The van der Waals surface area contributed by atoms with E-state index in [4.69, 9.17) is 18.9 Å². The Hall–Kier alpha value is -2.54. The lowest BCUT2D eigenvalue weighted by atomic mass is 9.79. The molecule has 188 valence electrons. The minimum Gasteiger partial charge on any atom is -0.493 e. The molecule has 0 aliphatic carbocycles. The number of carbonyl (C=O) groups excluding carboxylic acids is 2. The summed E-state index contributed by atoms with van der Waals surface area (Å²) in [6.45, 7) is 9.81. The van der Waals surface area contributed by atoms with Crippen LogP contribution in [0.2, 0.25) is 0 Å². The van der Waals surface area contributed by atoms with Crippen LogP contribution in [0.1, 0.15) is 64.1 Å². The van der Waals surface area contributed by atoms with Gasteiger partial charge in [0, 0.05) is 43.6 Å². The minimum absolute atomic E-state index is 0.145. The molecule has 0 unspecified atom stereocenters. The van der Waals surface area contributed by atoms with Gasteiger partial charge in [-0.2, -0.15) is 0 Å². The zero-order valence-corrected chi connectivity index (χ0v) is 21.3. The van der Waals surface area contributed by atoms with Crippen LogP contribution in [-0.2, 0) is 25.5 Å². The summed E-state index contributed by atoms with van der Waals surface area (Å²) >= 11 is 0. The number of piperidine rings is 1. The summed E-state index contributed by atoms with van der Waals surface area (Å²) < 4.78 is 22.1. The fraction of sp³-hybridized carbons (Fsp3) is 0.630. The quantitative estimate of drug-likeness (QED) is 0.387. The zero-order chi connectivity index (χ0) is 24.8. The van der Waals surface area contributed by atoms with Gasteiger partial charge in [-0.1, -0.05) is 20.3 Å². The number of nitrogens with zero attached hydrogens (tertiary/aromatic N) is 1. The number of rotatable bonds is 9. The molecule has 0 saturated carbocycles. The molecular weight excluding hydrogens is 434 g/mol. The van der Waals surface area contributed by atoms with Crippen LogP contribution in [0.15, 0.2) is 24.3 Å². The van der Waals surface area contributed by atoms with Gasteiger partial charge in [-0.25, -0.2) is 9.59 Å². The molecule has 0 radical (unpaired) electrons. The van der Waals surface area contributed by atoms with Gasteiger partial charge < -0.3 is 18.9 Å². The third-order valence-electron chi connectivity index (χ3n) is 6.65. The van der Waals surface area contributed by atoms with Crippen molar-refractivity contribution < 1.29 is 28.5 Å². The summed E-state index contributed by atoms with van der Waals surface area (Å²) in [5, 5.41) is 0. The first-order valence-electron chi connectivity index (χ1n) is 12.3. The third kappa shape index (κ3) is 6.53. The number of esters is 2. The molecule has 3 rings (SSSR count). The fourth-order valence-electron chi connectivity index (χ4n) is 4.97. The van der Waals surface area contributed by atoms with Crippen LogP contribution in [0.25, 0.3) is 0 Å². The van der Waals surface area contributed by atoms with Gasteiger partial charge in [0.15, 0.2) is 11.5 Å². The molecule has 2 heterocycles. The van der Waals surface area contributed by atoms with Crippen LogP contribution in [0.4, 0.5) is 0 Å². The highest BCUT2D eigenvalue weighted by Crippen LogP contribution is 2.44. The molecule has 1 fully saturated rings. The molecule has 7 heteroatoms. The lowest BCUT2D eigenvalue weighted by molar-refractivity contribution is -0.152. The van der Waals surface area contributed by atoms with Gasteiger partial charge >= 0.3 is 11.9 Å². The molecule has 0 bridgehead atoms. The summed E-state index contributed by atoms with van der Waals surface area (Å²) in [4.78, 5) is 26.9. The maximum atomic E-state index is 12.6. The van der Waals surface area contributed by atoms with E-state index >= 15 is 0 Å². The van der Waals surface area contributed by atoms with E-state index in [1.165, 1.54) is 17.2 Å². The Bertz CT molecular complexity index is 893. The Morgan fingerprint density at radius 2 is 1.74 bits per heavy atom. The molecule has 0 N–H and O–H groups in total. The van der Waals surface area contributed by atoms with Gasteiger partial charge in [-0.05, 0) is 55.9 Å². The molecule has 2 aliphatic heterocycles. The van der Waals surface area contributed by atoms with E-state index in [0.717, 1.165) is 44.2 Å². The normalized spacial score (nSPS) is 22.4. The standard InChI is InChI=1S/C27H39NO6/c1-17(2)7-8-20-16-28-12-11-19-13-24(31-5)25(32-6)14-21(19)22(28)15-23(20)34-27(30)10-9-26(29)33-18(3)4/h9-10,13-14,17-18,20,22-23H,7-8,11-12,15-16H2,1-6H3/b10-9-/t20-,22-,23-/m1/s1.